The van der Waals surface area contributed by atoms with Gasteiger partial charge in [0, 0.05) is 6.07 Å². The van der Waals surface area contributed by atoms with E-state index in [0.717, 1.165) is 12.1 Å². The third-order valence-corrected chi connectivity index (χ3v) is 5.24. The molecule has 0 fully saturated rings. The van der Waals surface area contributed by atoms with Gasteiger partial charge in [-0.05, 0) is 30.3 Å². The third-order valence-electron chi connectivity index (χ3n) is 4.01. The Labute approximate surface area is 178 Å². The molecule has 10 heteroatoms. The number of ether oxygens (including phenoxy) is 2. The largest absolute Gasteiger partial charge is 0.461 e. The number of hydrogen-bond donors (Lipinski definition) is 1. The minimum absolute atomic E-state index is 0.0174. The van der Waals surface area contributed by atoms with E-state index in [0.29, 0.717) is 11.3 Å². The molecular formula is C21H18N2O7S. The van der Waals surface area contributed by atoms with Gasteiger partial charge >= 0.3 is 5.97 Å². The number of nitrogens with zero attached hydrogens (tertiary/aromatic N) is 1. The zero-order chi connectivity index (χ0) is 22.3. The van der Waals surface area contributed by atoms with Crippen molar-refractivity contribution in [3.05, 3.63) is 94.5 Å². The zero-order valence-corrected chi connectivity index (χ0v) is 16.9. The molecule has 0 bridgehead atoms. The third kappa shape index (κ3) is 6.28. The maximum Gasteiger partial charge on any atom is 0.338 e. The highest BCUT2D eigenvalue weighted by Gasteiger charge is 2.19. The SMILES string of the molecule is O=C(OCCS(=O)(=O)Nc1ccc([N+](=O)[O-])cc1Oc1ccccc1)c1ccccc1. The molecule has 0 amide bonds. The topological polar surface area (TPSA) is 125 Å². The van der Waals surface area contributed by atoms with E-state index in [1.165, 1.54) is 6.07 Å². The van der Waals surface area contributed by atoms with Gasteiger partial charge in [0.15, 0.2) is 5.75 Å². The van der Waals surface area contributed by atoms with E-state index in [9.17, 15) is 23.3 Å². The Hall–Kier alpha value is -3.92. The molecule has 0 atom stereocenters. The van der Waals surface area contributed by atoms with Crippen molar-refractivity contribution < 1.29 is 27.6 Å². The molecule has 0 saturated heterocycles. The van der Waals surface area contributed by atoms with Crippen molar-refractivity contribution in [1.82, 2.24) is 0 Å². The molecular weight excluding hydrogens is 424 g/mol. The average molecular weight is 442 g/mol. The fourth-order valence-electron chi connectivity index (χ4n) is 2.53. The summed E-state index contributed by atoms with van der Waals surface area (Å²) in [5.74, 6) is -0.808. The number of carbonyl (C=O) groups excluding carboxylic acids is 1. The molecule has 3 aromatic rings. The first kappa shape index (κ1) is 21.8. The summed E-state index contributed by atoms with van der Waals surface area (Å²) >= 11 is 0. The highest BCUT2D eigenvalue weighted by Crippen LogP contribution is 2.33. The van der Waals surface area contributed by atoms with Crippen LogP contribution in [-0.2, 0) is 14.8 Å². The van der Waals surface area contributed by atoms with Crippen molar-refractivity contribution in [3.63, 3.8) is 0 Å². The molecule has 0 unspecified atom stereocenters. The maximum atomic E-state index is 12.4. The average Bonchev–Trinajstić information content (AvgIpc) is 2.76. The first-order valence-corrected chi connectivity index (χ1v) is 10.7. The zero-order valence-electron chi connectivity index (χ0n) is 16.1. The van der Waals surface area contributed by atoms with E-state index < -0.39 is 26.7 Å². The van der Waals surface area contributed by atoms with E-state index >= 15 is 0 Å². The molecule has 1 N–H and O–H groups in total. The van der Waals surface area contributed by atoms with Crippen LogP contribution in [0.25, 0.3) is 0 Å². The number of non-ortho nitro benzene ring substituents is 1. The first-order valence-electron chi connectivity index (χ1n) is 9.08. The van der Waals surface area contributed by atoms with Crippen molar-refractivity contribution in [3.8, 4) is 11.5 Å². The summed E-state index contributed by atoms with van der Waals surface area (Å²) in [6.07, 6.45) is 0. The minimum Gasteiger partial charge on any atom is -0.461 e. The summed E-state index contributed by atoms with van der Waals surface area (Å²) in [4.78, 5) is 22.4. The Morgan fingerprint density at radius 3 is 2.26 bits per heavy atom. The van der Waals surface area contributed by atoms with Gasteiger partial charge in [0.05, 0.1) is 22.2 Å². The Morgan fingerprint density at radius 1 is 0.968 bits per heavy atom. The number of para-hydroxylation sites is 1. The van der Waals surface area contributed by atoms with E-state index in [4.69, 9.17) is 9.47 Å². The van der Waals surface area contributed by atoms with Gasteiger partial charge in [0.2, 0.25) is 10.0 Å². The number of carbonyl (C=O) groups is 1. The summed E-state index contributed by atoms with van der Waals surface area (Å²) in [5.41, 5.74) is 0.0660. The second kappa shape index (κ2) is 9.72. The number of hydrogen-bond acceptors (Lipinski definition) is 7. The van der Waals surface area contributed by atoms with Crippen LogP contribution in [0.3, 0.4) is 0 Å². The van der Waals surface area contributed by atoms with Gasteiger partial charge in [-0.25, -0.2) is 13.2 Å². The molecule has 0 aliphatic carbocycles. The molecule has 3 aromatic carbocycles. The lowest BCUT2D eigenvalue weighted by atomic mass is 10.2. The van der Waals surface area contributed by atoms with Crippen molar-refractivity contribution in [2.24, 2.45) is 0 Å². The van der Waals surface area contributed by atoms with Crippen molar-refractivity contribution in [1.29, 1.82) is 0 Å². The lowest BCUT2D eigenvalue weighted by Crippen LogP contribution is -2.22. The van der Waals surface area contributed by atoms with Gasteiger partial charge in [-0.3, -0.25) is 14.8 Å². The molecule has 0 spiro atoms. The number of esters is 1. The number of anilines is 1. The van der Waals surface area contributed by atoms with Gasteiger partial charge in [-0.2, -0.15) is 0 Å². The molecule has 9 nitrogen and oxygen atoms in total. The van der Waals surface area contributed by atoms with Crippen LogP contribution in [0.2, 0.25) is 0 Å². The normalized spacial score (nSPS) is 10.8. The number of benzene rings is 3. The predicted molar refractivity (Wildman–Crippen MR) is 114 cm³/mol. The van der Waals surface area contributed by atoms with Crippen molar-refractivity contribution in [2.75, 3.05) is 17.1 Å². The van der Waals surface area contributed by atoms with Crippen LogP contribution in [0.4, 0.5) is 11.4 Å². The smallest absolute Gasteiger partial charge is 0.338 e. The van der Waals surface area contributed by atoms with E-state index in [2.05, 4.69) is 4.72 Å². The Kier molecular flexibility index (Phi) is 6.83. The second-order valence-electron chi connectivity index (χ2n) is 6.28. The van der Waals surface area contributed by atoms with E-state index in [1.54, 1.807) is 60.7 Å². The molecule has 3 rings (SSSR count). The van der Waals surface area contributed by atoms with Crippen LogP contribution >= 0.6 is 0 Å². The highest BCUT2D eigenvalue weighted by atomic mass is 32.2. The number of nitro benzene ring substituents is 1. The molecule has 0 saturated carbocycles. The van der Waals surface area contributed by atoms with E-state index in [1.807, 2.05) is 0 Å². The summed E-state index contributed by atoms with van der Waals surface area (Å²) < 4.78 is 37.8. The standard InChI is InChI=1S/C21H18N2O7S/c24-21(16-7-3-1-4-8-16)29-13-14-31(27,28)22-19-12-11-17(23(25)26)15-20(19)30-18-9-5-2-6-10-18/h1-12,15,22H,13-14H2. The molecule has 0 aromatic heterocycles. The molecule has 0 aliphatic rings. The van der Waals surface area contributed by atoms with Crippen molar-refractivity contribution >= 4 is 27.4 Å². The maximum absolute atomic E-state index is 12.4. The van der Waals surface area contributed by atoms with Gasteiger partial charge in [0.1, 0.15) is 18.1 Å². The summed E-state index contributed by atoms with van der Waals surface area (Å²) in [6.45, 7) is -0.370. The lowest BCUT2D eigenvalue weighted by Gasteiger charge is -2.13. The number of nitro groups is 1. The fraction of sp³-hybridized carbons (Fsp3) is 0.0952. The number of sulfonamides is 1. The molecule has 0 aliphatic heterocycles. The minimum atomic E-state index is -3.94. The van der Waals surface area contributed by atoms with Gasteiger partial charge < -0.3 is 9.47 Å². The van der Waals surface area contributed by atoms with E-state index in [-0.39, 0.29) is 23.7 Å². The van der Waals surface area contributed by atoms with Gasteiger partial charge in [0.25, 0.3) is 5.69 Å². The van der Waals surface area contributed by atoms with Crippen LogP contribution < -0.4 is 9.46 Å². The van der Waals surface area contributed by atoms with Crippen LogP contribution in [0.5, 0.6) is 11.5 Å². The van der Waals surface area contributed by atoms with Crippen molar-refractivity contribution in [2.45, 2.75) is 0 Å². The summed E-state index contributed by atoms with van der Waals surface area (Å²) in [5, 5.41) is 11.1. The number of rotatable bonds is 9. The summed E-state index contributed by atoms with van der Waals surface area (Å²) in [6, 6.07) is 20.1. The Bertz CT molecular complexity index is 1170. The quantitative estimate of drug-likeness (QED) is 0.302. The molecule has 31 heavy (non-hydrogen) atoms. The van der Waals surface area contributed by atoms with Crippen LogP contribution in [0.15, 0.2) is 78.9 Å². The van der Waals surface area contributed by atoms with Crippen LogP contribution in [0, 0.1) is 10.1 Å². The summed E-state index contributed by atoms with van der Waals surface area (Å²) in [7, 11) is -3.94. The van der Waals surface area contributed by atoms with Crippen LogP contribution in [-0.4, -0.2) is 31.7 Å². The second-order valence-corrected chi connectivity index (χ2v) is 8.12. The fourth-order valence-corrected chi connectivity index (χ4v) is 3.44. The molecule has 0 radical (unpaired) electrons. The van der Waals surface area contributed by atoms with Gasteiger partial charge in [-0.1, -0.05) is 36.4 Å². The van der Waals surface area contributed by atoms with Gasteiger partial charge in [-0.15, -0.1) is 0 Å². The predicted octanol–water partition coefficient (Wildman–Crippen LogP) is 3.99. The van der Waals surface area contributed by atoms with Crippen LogP contribution in [0.1, 0.15) is 10.4 Å². The molecule has 160 valence electrons. The monoisotopic (exact) mass is 442 g/mol. The Balaban J connectivity index is 1.70. The first-order chi connectivity index (χ1) is 14.8. The highest BCUT2D eigenvalue weighted by molar-refractivity contribution is 7.92. The number of nitrogens with one attached hydrogen (secondary N) is 1. The lowest BCUT2D eigenvalue weighted by molar-refractivity contribution is -0.384. The molecule has 0 heterocycles. The Morgan fingerprint density at radius 2 is 1.61 bits per heavy atom.